The smallest absolute Gasteiger partial charge is 0.406 e. The Morgan fingerprint density at radius 3 is 2.40 bits per heavy atom. The quantitative estimate of drug-likeness (QED) is 0.925. The Hall–Kier alpha value is -1.43. The summed E-state index contributed by atoms with van der Waals surface area (Å²) in [7, 11) is 1.96. The van der Waals surface area contributed by atoms with Crippen molar-refractivity contribution >= 4 is 5.69 Å². The lowest BCUT2D eigenvalue weighted by Crippen LogP contribution is -2.47. The molecule has 6 heteroatoms. The van der Waals surface area contributed by atoms with Gasteiger partial charge < -0.3 is 15.0 Å². The average molecular weight is 288 g/mol. The summed E-state index contributed by atoms with van der Waals surface area (Å²) >= 11 is 0. The Morgan fingerprint density at radius 2 is 1.90 bits per heavy atom. The highest BCUT2D eigenvalue weighted by molar-refractivity contribution is 5.49. The number of benzene rings is 1. The first kappa shape index (κ1) is 15.0. The van der Waals surface area contributed by atoms with Gasteiger partial charge >= 0.3 is 6.36 Å². The molecule has 2 atom stereocenters. The summed E-state index contributed by atoms with van der Waals surface area (Å²) in [6, 6.07) is 6.56. The van der Waals surface area contributed by atoms with Gasteiger partial charge in [-0.2, -0.15) is 0 Å². The van der Waals surface area contributed by atoms with Crippen molar-refractivity contribution in [2.75, 3.05) is 25.0 Å². The number of nitrogens with one attached hydrogen (secondary N) is 1. The van der Waals surface area contributed by atoms with E-state index in [4.69, 9.17) is 0 Å². The first-order valence-electron chi connectivity index (χ1n) is 6.67. The van der Waals surface area contributed by atoms with Crippen molar-refractivity contribution in [3.63, 3.8) is 0 Å². The average Bonchev–Trinajstić information content (AvgIpc) is 2.37. The molecule has 3 nitrogen and oxygen atoms in total. The normalized spacial score (nSPS) is 23.8. The monoisotopic (exact) mass is 288 g/mol. The van der Waals surface area contributed by atoms with Gasteiger partial charge in [-0.1, -0.05) is 6.92 Å². The third-order valence-electron chi connectivity index (χ3n) is 3.71. The van der Waals surface area contributed by atoms with Crippen LogP contribution in [0.4, 0.5) is 18.9 Å². The van der Waals surface area contributed by atoms with E-state index < -0.39 is 6.36 Å². The summed E-state index contributed by atoms with van der Waals surface area (Å²) in [6.45, 7) is 3.97. The second-order valence-electron chi connectivity index (χ2n) is 5.15. The van der Waals surface area contributed by atoms with Crippen molar-refractivity contribution in [3.8, 4) is 5.75 Å². The third kappa shape index (κ3) is 3.79. The lowest BCUT2D eigenvalue weighted by atomic mass is 9.93. The van der Waals surface area contributed by atoms with Gasteiger partial charge in [-0.05, 0) is 43.7 Å². The first-order valence-corrected chi connectivity index (χ1v) is 6.67. The maximum absolute atomic E-state index is 12.1. The van der Waals surface area contributed by atoms with Crippen LogP contribution < -0.4 is 15.0 Å². The number of rotatable bonds is 3. The summed E-state index contributed by atoms with van der Waals surface area (Å²) < 4.78 is 40.1. The lowest BCUT2D eigenvalue weighted by Gasteiger charge is -2.38. The standard InChI is InChI=1S/C14H19F3N2O/c1-10-9-19(8-7-13(10)18-2)11-3-5-12(6-4-11)20-14(15,16)17/h3-6,10,13,18H,7-9H2,1-2H3. The molecule has 1 aromatic rings. The molecule has 0 bridgehead atoms. The molecule has 0 aromatic heterocycles. The molecule has 1 aromatic carbocycles. The van der Waals surface area contributed by atoms with Crippen molar-refractivity contribution in [1.29, 1.82) is 0 Å². The topological polar surface area (TPSA) is 24.5 Å². The van der Waals surface area contributed by atoms with E-state index in [1.165, 1.54) is 12.1 Å². The molecule has 1 heterocycles. The van der Waals surface area contributed by atoms with Crippen LogP contribution in [0.15, 0.2) is 24.3 Å². The van der Waals surface area contributed by atoms with E-state index in [0.29, 0.717) is 12.0 Å². The van der Waals surface area contributed by atoms with E-state index in [0.717, 1.165) is 25.2 Å². The van der Waals surface area contributed by atoms with Crippen molar-refractivity contribution in [2.45, 2.75) is 25.7 Å². The molecule has 2 unspecified atom stereocenters. The van der Waals surface area contributed by atoms with Crippen LogP contribution in [0, 0.1) is 5.92 Å². The number of hydrogen-bond donors (Lipinski definition) is 1. The SMILES string of the molecule is CNC1CCN(c2ccc(OC(F)(F)F)cc2)CC1C. The van der Waals surface area contributed by atoms with E-state index >= 15 is 0 Å². The first-order chi connectivity index (χ1) is 9.39. The number of hydrogen-bond acceptors (Lipinski definition) is 3. The second-order valence-corrected chi connectivity index (χ2v) is 5.15. The van der Waals surface area contributed by atoms with Gasteiger partial charge in [0.2, 0.25) is 0 Å². The molecule has 0 aliphatic carbocycles. The Bertz CT molecular complexity index is 433. The molecular weight excluding hydrogens is 269 g/mol. The summed E-state index contributed by atoms with van der Waals surface area (Å²) in [5, 5.41) is 3.29. The highest BCUT2D eigenvalue weighted by Crippen LogP contribution is 2.27. The van der Waals surface area contributed by atoms with E-state index in [1.807, 2.05) is 7.05 Å². The maximum Gasteiger partial charge on any atom is 0.573 e. The fourth-order valence-corrected chi connectivity index (χ4v) is 2.67. The van der Waals surface area contributed by atoms with Gasteiger partial charge in [-0.25, -0.2) is 0 Å². The van der Waals surface area contributed by atoms with Gasteiger partial charge in [0, 0.05) is 24.8 Å². The number of ether oxygens (including phenoxy) is 1. The molecule has 1 N–H and O–H groups in total. The number of nitrogens with zero attached hydrogens (tertiary/aromatic N) is 1. The molecule has 1 aliphatic heterocycles. The Kier molecular flexibility index (Phi) is 4.42. The van der Waals surface area contributed by atoms with Crippen LogP contribution >= 0.6 is 0 Å². The number of piperidine rings is 1. The second kappa shape index (κ2) is 5.91. The van der Waals surface area contributed by atoms with Crippen molar-refractivity contribution in [1.82, 2.24) is 5.32 Å². The molecule has 0 spiro atoms. The predicted molar refractivity (Wildman–Crippen MR) is 72.0 cm³/mol. The van der Waals surface area contributed by atoms with E-state index in [9.17, 15) is 13.2 Å². The van der Waals surface area contributed by atoms with Crippen LogP contribution in [0.1, 0.15) is 13.3 Å². The van der Waals surface area contributed by atoms with Crippen molar-refractivity contribution in [2.24, 2.45) is 5.92 Å². The zero-order valence-electron chi connectivity index (χ0n) is 11.6. The van der Waals surface area contributed by atoms with E-state index in [2.05, 4.69) is 21.9 Å². The highest BCUT2D eigenvalue weighted by Gasteiger charge is 2.31. The molecule has 0 amide bonds. The van der Waals surface area contributed by atoms with E-state index in [1.54, 1.807) is 12.1 Å². The molecule has 0 saturated carbocycles. The summed E-state index contributed by atoms with van der Waals surface area (Å²) in [4.78, 5) is 2.19. The highest BCUT2D eigenvalue weighted by atomic mass is 19.4. The van der Waals surface area contributed by atoms with Crippen LogP contribution in [0.25, 0.3) is 0 Å². The molecule has 0 radical (unpaired) electrons. The Labute approximate surface area is 116 Å². The fourth-order valence-electron chi connectivity index (χ4n) is 2.67. The zero-order valence-corrected chi connectivity index (χ0v) is 11.6. The Balaban J connectivity index is 2.00. The minimum atomic E-state index is -4.64. The fraction of sp³-hybridized carbons (Fsp3) is 0.571. The summed E-state index contributed by atoms with van der Waals surface area (Å²) in [5.74, 6) is 0.319. The number of alkyl halides is 3. The van der Waals surface area contributed by atoms with Crippen LogP contribution in [-0.2, 0) is 0 Å². The third-order valence-corrected chi connectivity index (χ3v) is 3.71. The van der Waals surface area contributed by atoms with Gasteiger partial charge in [0.05, 0.1) is 0 Å². The number of halogens is 3. The van der Waals surface area contributed by atoms with Crippen LogP contribution in [0.5, 0.6) is 5.75 Å². The maximum atomic E-state index is 12.1. The minimum absolute atomic E-state index is 0.181. The van der Waals surface area contributed by atoms with Crippen molar-refractivity contribution in [3.05, 3.63) is 24.3 Å². The molecule has 1 saturated heterocycles. The molecule has 1 fully saturated rings. The summed E-state index contributed by atoms with van der Waals surface area (Å²) in [6.07, 6.45) is -3.61. The van der Waals surface area contributed by atoms with Gasteiger partial charge in [-0.3, -0.25) is 0 Å². The number of anilines is 1. The van der Waals surface area contributed by atoms with Crippen LogP contribution in [-0.4, -0.2) is 32.5 Å². The largest absolute Gasteiger partial charge is 0.573 e. The summed E-state index contributed by atoms with van der Waals surface area (Å²) in [5.41, 5.74) is 0.931. The van der Waals surface area contributed by atoms with Crippen LogP contribution in [0.3, 0.4) is 0 Å². The van der Waals surface area contributed by atoms with Gasteiger partial charge in [0.15, 0.2) is 0 Å². The molecule has 2 rings (SSSR count). The Morgan fingerprint density at radius 1 is 1.25 bits per heavy atom. The van der Waals surface area contributed by atoms with Gasteiger partial charge in [0.25, 0.3) is 0 Å². The molecule has 20 heavy (non-hydrogen) atoms. The molecular formula is C14H19F3N2O. The van der Waals surface area contributed by atoms with E-state index in [-0.39, 0.29) is 5.75 Å². The van der Waals surface area contributed by atoms with Crippen molar-refractivity contribution < 1.29 is 17.9 Å². The van der Waals surface area contributed by atoms with Gasteiger partial charge in [-0.15, -0.1) is 13.2 Å². The minimum Gasteiger partial charge on any atom is -0.406 e. The zero-order chi connectivity index (χ0) is 14.8. The van der Waals surface area contributed by atoms with Gasteiger partial charge in [0.1, 0.15) is 5.75 Å². The predicted octanol–water partition coefficient (Wildman–Crippen LogP) is 3.02. The lowest BCUT2D eigenvalue weighted by molar-refractivity contribution is -0.274. The van der Waals surface area contributed by atoms with Crippen LogP contribution in [0.2, 0.25) is 0 Å². The molecule has 112 valence electrons. The molecule has 1 aliphatic rings.